The predicted molar refractivity (Wildman–Crippen MR) is 89.7 cm³/mol. The Morgan fingerprint density at radius 1 is 1.30 bits per heavy atom. The minimum Gasteiger partial charge on any atom is -0.481 e. The Kier molecular flexibility index (Phi) is 5.64. The molecule has 2 rings (SSSR count). The van der Waals surface area contributed by atoms with Gasteiger partial charge in [0.1, 0.15) is 0 Å². The molecule has 1 aliphatic heterocycles. The largest absolute Gasteiger partial charge is 0.481 e. The van der Waals surface area contributed by atoms with Gasteiger partial charge in [-0.25, -0.2) is 0 Å². The van der Waals surface area contributed by atoms with Crippen molar-refractivity contribution in [1.29, 1.82) is 0 Å². The molecular formula is C16H24N2O4S. The van der Waals surface area contributed by atoms with Gasteiger partial charge in [0.15, 0.2) is 0 Å². The number of benzene rings is 1. The molecule has 128 valence electrons. The van der Waals surface area contributed by atoms with Gasteiger partial charge in [0.25, 0.3) is 0 Å². The van der Waals surface area contributed by atoms with Crippen molar-refractivity contribution < 1.29 is 18.3 Å². The van der Waals surface area contributed by atoms with Crippen molar-refractivity contribution in [2.75, 3.05) is 23.9 Å². The minimum absolute atomic E-state index is 0.0609. The highest BCUT2D eigenvalue weighted by atomic mass is 32.2. The molecule has 0 bridgehead atoms. The van der Waals surface area contributed by atoms with Crippen LogP contribution in [0.3, 0.4) is 0 Å². The predicted octanol–water partition coefficient (Wildman–Crippen LogP) is 2.25. The summed E-state index contributed by atoms with van der Waals surface area (Å²) in [6, 6.07) is 7.16. The number of nitrogens with zero attached hydrogens (tertiary/aromatic N) is 2. The van der Waals surface area contributed by atoms with Crippen molar-refractivity contribution in [3.8, 4) is 0 Å². The first-order chi connectivity index (χ1) is 10.8. The number of anilines is 1. The van der Waals surface area contributed by atoms with Gasteiger partial charge in [-0.2, -0.15) is 12.7 Å². The van der Waals surface area contributed by atoms with Gasteiger partial charge in [0, 0.05) is 19.6 Å². The van der Waals surface area contributed by atoms with Gasteiger partial charge in [-0.3, -0.25) is 9.10 Å². The highest BCUT2D eigenvalue weighted by molar-refractivity contribution is 7.90. The Morgan fingerprint density at radius 2 is 1.91 bits per heavy atom. The molecule has 1 aromatic carbocycles. The molecule has 23 heavy (non-hydrogen) atoms. The lowest BCUT2D eigenvalue weighted by Gasteiger charge is -2.35. The van der Waals surface area contributed by atoms with Gasteiger partial charge in [-0.15, -0.1) is 0 Å². The maximum Gasteiger partial charge on any atom is 0.305 e. The molecule has 1 aromatic rings. The molecule has 0 aliphatic carbocycles. The molecule has 1 aliphatic rings. The molecule has 0 atom stereocenters. The van der Waals surface area contributed by atoms with Crippen LogP contribution in [0.2, 0.25) is 0 Å². The summed E-state index contributed by atoms with van der Waals surface area (Å²) in [5, 5.41) is 8.95. The molecular weight excluding hydrogens is 316 g/mol. The van der Waals surface area contributed by atoms with Crippen LogP contribution in [-0.2, 0) is 15.0 Å². The van der Waals surface area contributed by atoms with E-state index in [1.54, 1.807) is 12.1 Å². The number of para-hydroxylation sites is 1. The van der Waals surface area contributed by atoms with Crippen molar-refractivity contribution >= 4 is 21.9 Å². The molecule has 0 unspecified atom stereocenters. The summed E-state index contributed by atoms with van der Waals surface area (Å²) in [6.07, 6.45) is 1.44. The van der Waals surface area contributed by atoms with Crippen LogP contribution >= 0.6 is 0 Å². The summed E-state index contributed by atoms with van der Waals surface area (Å²) >= 11 is 0. The fourth-order valence-corrected chi connectivity index (χ4v) is 4.48. The van der Waals surface area contributed by atoms with E-state index in [0.29, 0.717) is 24.7 Å². The van der Waals surface area contributed by atoms with Crippen LogP contribution in [0.25, 0.3) is 0 Å². The monoisotopic (exact) mass is 340 g/mol. The van der Waals surface area contributed by atoms with Crippen molar-refractivity contribution in [2.45, 2.75) is 33.1 Å². The third-order valence-corrected chi connectivity index (χ3v) is 6.21. The lowest BCUT2D eigenvalue weighted by molar-refractivity contribution is -0.136. The highest BCUT2D eigenvalue weighted by Gasteiger charge is 2.33. The zero-order valence-electron chi connectivity index (χ0n) is 13.6. The number of piperidine rings is 1. The molecule has 1 saturated heterocycles. The summed E-state index contributed by atoms with van der Waals surface area (Å²) < 4.78 is 28.7. The first kappa shape index (κ1) is 17.7. The number of aliphatic carboxylic acids is 1. The topological polar surface area (TPSA) is 77.9 Å². The number of carboxylic acid groups (broad SMARTS) is 1. The maximum absolute atomic E-state index is 13.0. The average Bonchev–Trinajstić information content (AvgIpc) is 2.49. The molecule has 0 aromatic heterocycles. The summed E-state index contributed by atoms with van der Waals surface area (Å²) in [4.78, 5) is 10.9. The smallest absolute Gasteiger partial charge is 0.305 e. The van der Waals surface area contributed by atoms with Gasteiger partial charge in [-0.1, -0.05) is 25.1 Å². The lowest BCUT2D eigenvalue weighted by Crippen LogP contribution is -2.48. The normalized spacial score (nSPS) is 17.1. The van der Waals surface area contributed by atoms with Crippen LogP contribution < -0.4 is 4.31 Å². The molecule has 0 radical (unpaired) electrons. The van der Waals surface area contributed by atoms with E-state index in [0.717, 1.165) is 18.4 Å². The summed E-state index contributed by atoms with van der Waals surface area (Å²) in [6.45, 7) is 4.86. The van der Waals surface area contributed by atoms with Crippen LogP contribution in [0, 0.1) is 12.8 Å². The third-order valence-electron chi connectivity index (χ3n) is 4.26. The minimum atomic E-state index is -3.72. The fraction of sp³-hybridized carbons (Fsp3) is 0.562. The SMILES string of the molecule is Cc1ccccc1N(CCC(=O)O)S(=O)(=O)N1CCC(C)CC1. The Bertz CT molecular complexity index is 652. The van der Waals surface area contributed by atoms with E-state index in [4.69, 9.17) is 5.11 Å². The number of rotatable bonds is 6. The molecule has 1 heterocycles. The van der Waals surface area contributed by atoms with Crippen LogP contribution in [0.5, 0.6) is 0 Å². The second-order valence-electron chi connectivity index (χ2n) is 6.09. The average molecular weight is 340 g/mol. The maximum atomic E-state index is 13.0. The van der Waals surface area contributed by atoms with Gasteiger partial charge in [0.05, 0.1) is 12.1 Å². The fourth-order valence-electron chi connectivity index (χ4n) is 2.76. The number of aryl methyl sites for hydroxylation is 1. The molecule has 7 heteroatoms. The highest BCUT2D eigenvalue weighted by Crippen LogP contribution is 2.27. The van der Waals surface area contributed by atoms with E-state index in [1.807, 2.05) is 19.1 Å². The number of hydrogen-bond acceptors (Lipinski definition) is 3. The standard InChI is InChI=1S/C16H24N2O4S/c1-13-7-10-17(11-8-13)23(21,22)18(12-9-16(19)20)15-6-4-3-5-14(15)2/h3-6,13H,7-12H2,1-2H3,(H,19,20). The second kappa shape index (κ2) is 7.31. The Labute approximate surface area is 137 Å². The van der Waals surface area contributed by atoms with E-state index in [9.17, 15) is 13.2 Å². The van der Waals surface area contributed by atoms with Gasteiger partial charge in [-0.05, 0) is 37.3 Å². The van der Waals surface area contributed by atoms with E-state index < -0.39 is 16.2 Å². The zero-order chi connectivity index (χ0) is 17.0. The Balaban J connectivity index is 2.32. The van der Waals surface area contributed by atoms with E-state index in [2.05, 4.69) is 6.92 Å². The van der Waals surface area contributed by atoms with Crippen LogP contribution in [0.15, 0.2) is 24.3 Å². The van der Waals surface area contributed by atoms with Crippen LogP contribution in [0.4, 0.5) is 5.69 Å². The molecule has 1 fully saturated rings. The van der Waals surface area contributed by atoms with Crippen LogP contribution in [0.1, 0.15) is 31.7 Å². The van der Waals surface area contributed by atoms with Gasteiger partial charge in [0.2, 0.25) is 0 Å². The van der Waals surface area contributed by atoms with E-state index >= 15 is 0 Å². The molecule has 0 spiro atoms. The summed E-state index contributed by atoms with van der Waals surface area (Å²) in [5.41, 5.74) is 1.36. The second-order valence-corrected chi connectivity index (χ2v) is 7.94. The Hall–Kier alpha value is -1.60. The van der Waals surface area contributed by atoms with Gasteiger partial charge < -0.3 is 5.11 Å². The van der Waals surface area contributed by atoms with E-state index in [-0.39, 0.29) is 13.0 Å². The molecule has 0 amide bonds. The number of carboxylic acids is 1. The molecule has 1 N–H and O–H groups in total. The van der Waals surface area contributed by atoms with Crippen molar-refractivity contribution in [3.63, 3.8) is 0 Å². The van der Waals surface area contributed by atoms with Crippen LogP contribution in [-0.4, -0.2) is 43.4 Å². The zero-order valence-corrected chi connectivity index (χ0v) is 14.4. The van der Waals surface area contributed by atoms with E-state index in [1.165, 1.54) is 8.61 Å². The van der Waals surface area contributed by atoms with Crippen molar-refractivity contribution in [3.05, 3.63) is 29.8 Å². The third kappa shape index (κ3) is 4.23. The van der Waals surface area contributed by atoms with Gasteiger partial charge >= 0.3 is 16.2 Å². The number of hydrogen-bond donors (Lipinski definition) is 1. The summed E-state index contributed by atoms with van der Waals surface area (Å²) in [7, 11) is -3.72. The quantitative estimate of drug-likeness (QED) is 0.861. The molecule has 6 nitrogen and oxygen atoms in total. The first-order valence-corrected chi connectivity index (χ1v) is 9.27. The lowest BCUT2D eigenvalue weighted by atomic mass is 10.0. The summed E-state index contributed by atoms with van der Waals surface area (Å²) in [5.74, 6) is -0.488. The first-order valence-electron chi connectivity index (χ1n) is 7.87. The van der Waals surface area contributed by atoms with Crippen molar-refractivity contribution in [1.82, 2.24) is 4.31 Å². The Morgan fingerprint density at radius 3 is 2.48 bits per heavy atom. The van der Waals surface area contributed by atoms with Crippen molar-refractivity contribution in [2.24, 2.45) is 5.92 Å². The number of carbonyl (C=O) groups is 1. The molecule has 0 saturated carbocycles.